The highest BCUT2D eigenvalue weighted by molar-refractivity contribution is 7.92. The molecule has 10 heteroatoms. The number of halogens is 2. The Labute approximate surface area is 194 Å². The van der Waals surface area contributed by atoms with E-state index >= 15 is 0 Å². The Balaban J connectivity index is 1.65. The number of fused-ring (bicyclic) bond motifs is 1. The molecule has 0 fully saturated rings. The summed E-state index contributed by atoms with van der Waals surface area (Å²) in [5.74, 6) is -1.97. The lowest BCUT2D eigenvalue weighted by Gasteiger charge is -2.11. The fourth-order valence-electron chi connectivity index (χ4n) is 3.56. The first-order valence-electron chi connectivity index (χ1n) is 9.99. The van der Waals surface area contributed by atoms with Crippen molar-refractivity contribution in [2.75, 3.05) is 16.3 Å². The van der Waals surface area contributed by atoms with Crippen LogP contribution in [-0.4, -0.2) is 25.6 Å². The molecule has 3 aromatic carbocycles. The van der Waals surface area contributed by atoms with Crippen molar-refractivity contribution in [1.82, 2.24) is 4.98 Å². The number of aromatic amines is 1. The molecule has 0 spiro atoms. The van der Waals surface area contributed by atoms with Gasteiger partial charge in [0.2, 0.25) is 10.0 Å². The molecule has 4 aromatic rings. The molecule has 1 heterocycles. The topological polar surface area (TPSA) is 115 Å². The number of carbonyl (C=O) groups is 1. The van der Waals surface area contributed by atoms with E-state index in [2.05, 4.69) is 15.0 Å². The summed E-state index contributed by atoms with van der Waals surface area (Å²) in [6.45, 7) is 0. The lowest BCUT2D eigenvalue weighted by molar-refractivity contribution is 0.102. The maximum Gasteiger partial charge on any atom is 0.272 e. The first-order chi connectivity index (χ1) is 16.1. The molecule has 34 heavy (non-hydrogen) atoms. The van der Waals surface area contributed by atoms with Crippen LogP contribution >= 0.6 is 0 Å². The lowest BCUT2D eigenvalue weighted by Crippen LogP contribution is -2.12. The van der Waals surface area contributed by atoms with E-state index in [1.54, 1.807) is 36.4 Å². The first kappa shape index (κ1) is 22.9. The molecule has 4 rings (SSSR count). The summed E-state index contributed by atoms with van der Waals surface area (Å²) in [4.78, 5) is 15.8. The van der Waals surface area contributed by atoms with Crippen molar-refractivity contribution in [3.63, 3.8) is 0 Å². The predicted octanol–water partition coefficient (Wildman–Crippen LogP) is 4.80. The van der Waals surface area contributed by atoms with Crippen LogP contribution in [-0.2, 0) is 16.4 Å². The zero-order valence-electron chi connectivity index (χ0n) is 17.8. The highest BCUT2D eigenvalue weighted by atomic mass is 32.2. The molecule has 0 aliphatic rings. The van der Waals surface area contributed by atoms with Crippen LogP contribution in [0.5, 0.6) is 0 Å². The van der Waals surface area contributed by atoms with Gasteiger partial charge in [0.05, 0.1) is 24.4 Å². The van der Waals surface area contributed by atoms with E-state index in [4.69, 9.17) is 5.26 Å². The van der Waals surface area contributed by atoms with Crippen LogP contribution in [0.3, 0.4) is 0 Å². The zero-order chi connectivity index (χ0) is 24.5. The average molecular weight is 480 g/mol. The number of nitrogens with zero attached hydrogens (tertiary/aromatic N) is 1. The van der Waals surface area contributed by atoms with Crippen LogP contribution in [0.25, 0.3) is 22.0 Å². The van der Waals surface area contributed by atoms with Gasteiger partial charge < -0.3 is 10.3 Å². The summed E-state index contributed by atoms with van der Waals surface area (Å²) in [6.07, 6.45) is 1.07. The third kappa shape index (κ3) is 5.22. The smallest absolute Gasteiger partial charge is 0.272 e. The van der Waals surface area contributed by atoms with Crippen LogP contribution in [0.4, 0.5) is 20.2 Å². The molecule has 0 unspecified atom stereocenters. The molecule has 0 saturated heterocycles. The minimum absolute atomic E-state index is 0.0298. The van der Waals surface area contributed by atoms with Crippen molar-refractivity contribution in [2.45, 2.75) is 6.42 Å². The summed E-state index contributed by atoms with van der Waals surface area (Å²) in [5, 5.41) is 12.5. The highest BCUT2D eigenvalue weighted by Crippen LogP contribution is 2.29. The number of sulfonamides is 1. The van der Waals surface area contributed by atoms with Crippen molar-refractivity contribution >= 4 is 38.2 Å². The number of anilines is 2. The van der Waals surface area contributed by atoms with Crippen molar-refractivity contribution < 1.29 is 22.0 Å². The Bertz CT molecular complexity index is 1570. The van der Waals surface area contributed by atoms with E-state index in [0.717, 1.165) is 18.4 Å². The molecule has 1 aromatic heterocycles. The number of nitriles is 1. The average Bonchev–Trinajstić information content (AvgIpc) is 3.16. The number of hydrogen-bond acceptors (Lipinski definition) is 4. The Morgan fingerprint density at radius 3 is 2.53 bits per heavy atom. The quantitative estimate of drug-likeness (QED) is 0.368. The number of benzene rings is 3. The second-order valence-corrected chi connectivity index (χ2v) is 9.44. The second-order valence-electron chi connectivity index (χ2n) is 7.69. The summed E-state index contributed by atoms with van der Waals surface area (Å²) in [7, 11) is -3.45. The summed E-state index contributed by atoms with van der Waals surface area (Å²) in [5.41, 5.74) is 2.50. The highest BCUT2D eigenvalue weighted by Gasteiger charge is 2.14. The van der Waals surface area contributed by atoms with Crippen molar-refractivity contribution in [1.29, 1.82) is 5.26 Å². The molecule has 0 aliphatic heterocycles. The Kier molecular flexibility index (Phi) is 6.04. The summed E-state index contributed by atoms with van der Waals surface area (Å²) >= 11 is 0. The summed E-state index contributed by atoms with van der Waals surface area (Å²) in [6, 6.07) is 16.4. The number of nitrogens with one attached hydrogen (secondary N) is 3. The van der Waals surface area contributed by atoms with E-state index in [0.29, 0.717) is 33.4 Å². The van der Waals surface area contributed by atoms with E-state index in [1.807, 2.05) is 6.07 Å². The Hall–Kier alpha value is -4.23. The van der Waals surface area contributed by atoms with Crippen molar-refractivity contribution in [2.24, 2.45) is 0 Å². The molecular weight excluding hydrogens is 462 g/mol. The maximum atomic E-state index is 14.3. The van der Waals surface area contributed by atoms with E-state index < -0.39 is 27.6 Å². The number of H-pyrrole nitrogens is 1. The monoisotopic (exact) mass is 480 g/mol. The fraction of sp³-hybridized carbons (Fsp3) is 0.0833. The van der Waals surface area contributed by atoms with Crippen LogP contribution in [0.1, 0.15) is 16.1 Å². The molecule has 172 valence electrons. The fourth-order valence-corrected chi connectivity index (χ4v) is 4.12. The van der Waals surface area contributed by atoms with Gasteiger partial charge >= 0.3 is 0 Å². The second kappa shape index (κ2) is 8.96. The number of rotatable bonds is 6. The molecule has 0 aliphatic carbocycles. The lowest BCUT2D eigenvalue weighted by atomic mass is 10.00. The molecule has 3 N–H and O–H groups in total. The van der Waals surface area contributed by atoms with Gasteiger partial charge in [-0.25, -0.2) is 17.2 Å². The third-order valence-corrected chi connectivity index (χ3v) is 5.55. The first-order valence-corrected chi connectivity index (χ1v) is 11.9. The standard InChI is InChI=1S/C24H18F2N4O3S/c1-34(32,33)30-18-4-2-15-11-23(29-22(15)13-18)24(31)28-19-9-14(6-7-27)8-16(10-19)20-5-3-17(25)12-21(20)26/h2-5,8-13,29-30H,6H2,1H3,(H,28,31). The maximum absolute atomic E-state index is 14.3. The van der Waals surface area contributed by atoms with E-state index in [9.17, 15) is 22.0 Å². The number of aromatic nitrogens is 1. The Morgan fingerprint density at radius 1 is 1.03 bits per heavy atom. The van der Waals surface area contributed by atoms with E-state index in [-0.39, 0.29) is 17.7 Å². The zero-order valence-corrected chi connectivity index (χ0v) is 18.6. The molecule has 7 nitrogen and oxygen atoms in total. The van der Waals surface area contributed by atoms with Crippen molar-refractivity contribution in [3.8, 4) is 17.2 Å². The molecular formula is C24H18F2N4O3S. The molecule has 1 amide bonds. The van der Waals surface area contributed by atoms with Gasteiger partial charge in [0.15, 0.2) is 0 Å². The largest absolute Gasteiger partial charge is 0.350 e. The van der Waals surface area contributed by atoms with Crippen LogP contribution < -0.4 is 10.0 Å². The van der Waals surface area contributed by atoms with Gasteiger partial charge in [0.1, 0.15) is 17.3 Å². The number of amides is 1. The minimum atomic E-state index is -3.45. The van der Waals surface area contributed by atoms with Crippen molar-refractivity contribution in [3.05, 3.63) is 83.6 Å². The Morgan fingerprint density at radius 2 is 1.82 bits per heavy atom. The van der Waals surface area contributed by atoms with Gasteiger partial charge in [0, 0.05) is 28.2 Å². The summed E-state index contributed by atoms with van der Waals surface area (Å²) < 4.78 is 52.9. The molecule has 0 atom stereocenters. The van der Waals surface area contributed by atoms with Gasteiger partial charge in [-0.1, -0.05) is 6.07 Å². The van der Waals surface area contributed by atoms with Gasteiger partial charge in [-0.05, 0) is 59.7 Å². The SMILES string of the molecule is CS(=O)(=O)Nc1ccc2cc(C(=O)Nc3cc(CC#N)cc(-c4ccc(F)cc4F)c3)[nH]c2c1. The molecule has 0 radical (unpaired) electrons. The van der Waals surface area contributed by atoms with Crippen LogP contribution in [0, 0.1) is 23.0 Å². The van der Waals surface area contributed by atoms with Gasteiger partial charge in [0.25, 0.3) is 5.91 Å². The van der Waals surface area contributed by atoms with Crippen LogP contribution in [0.15, 0.2) is 60.7 Å². The molecule has 0 saturated carbocycles. The predicted molar refractivity (Wildman–Crippen MR) is 126 cm³/mol. The van der Waals surface area contributed by atoms with Crippen LogP contribution in [0.2, 0.25) is 0 Å². The third-order valence-electron chi connectivity index (χ3n) is 4.95. The van der Waals surface area contributed by atoms with Gasteiger partial charge in [-0.2, -0.15) is 5.26 Å². The number of carbonyl (C=O) groups excluding carboxylic acids is 1. The molecule has 0 bridgehead atoms. The van der Waals surface area contributed by atoms with Gasteiger partial charge in [-0.3, -0.25) is 9.52 Å². The normalized spacial score (nSPS) is 11.2. The number of hydrogen-bond donors (Lipinski definition) is 3. The van der Waals surface area contributed by atoms with E-state index in [1.165, 1.54) is 12.1 Å². The van der Waals surface area contributed by atoms with Gasteiger partial charge in [-0.15, -0.1) is 0 Å². The minimum Gasteiger partial charge on any atom is -0.350 e.